The second kappa shape index (κ2) is 5.43. The lowest BCUT2D eigenvalue weighted by atomic mass is 10.1. The molecule has 0 spiro atoms. The lowest BCUT2D eigenvalue weighted by Gasteiger charge is -2.13. The first-order chi connectivity index (χ1) is 8.16. The van der Waals surface area contributed by atoms with Gasteiger partial charge in [-0.3, -0.25) is 0 Å². The first-order valence-electron chi connectivity index (χ1n) is 5.68. The molecule has 2 aromatic rings. The summed E-state index contributed by atoms with van der Waals surface area (Å²) in [7, 11) is 0. The van der Waals surface area contributed by atoms with Gasteiger partial charge in [-0.2, -0.15) is 0 Å². The van der Waals surface area contributed by atoms with Crippen LogP contribution in [0.15, 0.2) is 35.7 Å². The summed E-state index contributed by atoms with van der Waals surface area (Å²) in [6.45, 7) is 4.83. The Morgan fingerprint density at radius 3 is 2.88 bits per heavy atom. The maximum absolute atomic E-state index is 13.1. The third kappa shape index (κ3) is 3.14. The molecule has 0 saturated carbocycles. The van der Waals surface area contributed by atoms with E-state index in [9.17, 15) is 4.39 Å². The molecule has 90 valence electrons. The van der Waals surface area contributed by atoms with Gasteiger partial charge in [0.05, 0.1) is 0 Å². The maximum Gasteiger partial charge on any atom is 0.123 e. The van der Waals surface area contributed by atoms with Crippen molar-refractivity contribution < 1.29 is 4.39 Å². The molecule has 1 atom stereocenters. The predicted molar refractivity (Wildman–Crippen MR) is 70.7 cm³/mol. The molecule has 3 heteroatoms. The van der Waals surface area contributed by atoms with Crippen molar-refractivity contribution in [2.24, 2.45) is 0 Å². The molecule has 2 rings (SSSR count). The molecule has 1 N–H and O–H groups in total. The van der Waals surface area contributed by atoms with Gasteiger partial charge in [0.1, 0.15) is 5.82 Å². The van der Waals surface area contributed by atoms with Crippen molar-refractivity contribution in [3.05, 3.63) is 57.5 Å². The number of rotatable bonds is 4. The number of aryl methyl sites for hydroxylation is 1. The molecule has 1 aromatic carbocycles. The molecule has 1 nitrogen and oxygen atoms in total. The Morgan fingerprint density at radius 2 is 2.18 bits per heavy atom. The maximum atomic E-state index is 13.1. The van der Waals surface area contributed by atoms with Crippen molar-refractivity contribution in [1.82, 2.24) is 5.32 Å². The fourth-order valence-electron chi connectivity index (χ4n) is 1.73. The normalized spacial score (nSPS) is 12.6. The number of nitrogens with one attached hydrogen (secondary N) is 1. The molecular formula is C14H16FNS. The second-order valence-corrected chi connectivity index (χ2v) is 5.17. The zero-order valence-electron chi connectivity index (χ0n) is 10.0. The fourth-order valence-corrected chi connectivity index (χ4v) is 2.49. The minimum Gasteiger partial charge on any atom is -0.305 e. The van der Waals surface area contributed by atoms with E-state index in [1.165, 1.54) is 10.9 Å². The van der Waals surface area contributed by atoms with Gasteiger partial charge in [0.25, 0.3) is 0 Å². The van der Waals surface area contributed by atoms with Gasteiger partial charge in [0.2, 0.25) is 0 Å². The Balaban J connectivity index is 2.00. The zero-order chi connectivity index (χ0) is 12.3. The highest BCUT2D eigenvalue weighted by Gasteiger charge is 2.07. The van der Waals surface area contributed by atoms with E-state index >= 15 is 0 Å². The van der Waals surface area contributed by atoms with Gasteiger partial charge >= 0.3 is 0 Å². The highest BCUT2D eigenvalue weighted by Crippen LogP contribution is 2.19. The Labute approximate surface area is 105 Å². The van der Waals surface area contributed by atoms with Crippen LogP contribution in [-0.2, 0) is 6.54 Å². The van der Waals surface area contributed by atoms with E-state index in [1.807, 2.05) is 19.1 Å². The van der Waals surface area contributed by atoms with Crippen molar-refractivity contribution in [1.29, 1.82) is 0 Å². The van der Waals surface area contributed by atoms with E-state index < -0.39 is 0 Å². The quantitative estimate of drug-likeness (QED) is 0.862. The highest BCUT2D eigenvalue weighted by molar-refractivity contribution is 7.10. The van der Waals surface area contributed by atoms with Gasteiger partial charge in [-0.25, -0.2) is 4.39 Å². The predicted octanol–water partition coefficient (Wildman–Crippen LogP) is 4.05. The minimum absolute atomic E-state index is 0.170. The van der Waals surface area contributed by atoms with Crippen molar-refractivity contribution in [3.63, 3.8) is 0 Å². The first-order valence-corrected chi connectivity index (χ1v) is 6.56. The average molecular weight is 249 g/mol. The summed E-state index contributed by atoms with van der Waals surface area (Å²) in [6, 6.07) is 9.39. The van der Waals surface area contributed by atoms with Gasteiger partial charge < -0.3 is 5.32 Å². The van der Waals surface area contributed by atoms with E-state index in [0.717, 1.165) is 11.1 Å². The SMILES string of the molecule is Cc1ccc(F)cc1CNC(C)c1cccs1. The van der Waals surface area contributed by atoms with Crippen LogP contribution in [0.25, 0.3) is 0 Å². The summed E-state index contributed by atoms with van der Waals surface area (Å²) in [5.41, 5.74) is 2.14. The van der Waals surface area contributed by atoms with E-state index in [1.54, 1.807) is 17.4 Å². The molecule has 1 heterocycles. The summed E-state index contributed by atoms with van der Waals surface area (Å²) in [5.74, 6) is -0.170. The van der Waals surface area contributed by atoms with Crippen LogP contribution in [0.2, 0.25) is 0 Å². The van der Waals surface area contributed by atoms with Gasteiger partial charge in [0.15, 0.2) is 0 Å². The van der Waals surface area contributed by atoms with E-state index in [4.69, 9.17) is 0 Å². The molecule has 0 amide bonds. The minimum atomic E-state index is -0.170. The Kier molecular flexibility index (Phi) is 3.92. The zero-order valence-corrected chi connectivity index (χ0v) is 10.9. The van der Waals surface area contributed by atoms with Crippen molar-refractivity contribution in [2.75, 3.05) is 0 Å². The summed E-state index contributed by atoms with van der Waals surface area (Å²) in [5, 5.41) is 5.48. The van der Waals surface area contributed by atoms with Gasteiger partial charge in [-0.1, -0.05) is 12.1 Å². The van der Waals surface area contributed by atoms with Crippen molar-refractivity contribution in [3.8, 4) is 0 Å². The smallest absolute Gasteiger partial charge is 0.123 e. The summed E-state index contributed by atoms with van der Waals surface area (Å²) >= 11 is 1.74. The van der Waals surface area contributed by atoms with Crippen LogP contribution in [-0.4, -0.2) is 0 Å². The molecule has 0 aliphatic heterocycles. The van der Waals surface area contributed by atoms with Crippen LogP contribution >= 0.6 is 11.3 Å². The van der Waals surface area contributed by atoms with Crippen LogP contribution in [0.5, 0.6) is 0 Å². The third-order valence-electron chi connectivity index (χ3n) is 2.88. The summed E-state index contributed by atoms with van der Waals surface area (Å²) in [6.07, 6.45) is 0. The molecule has 0 aliphatic carbocycles. The van der Waals surface area contributed by atoms with Crippen LogP contribution < -0.4 is 5.32 Å². The molecule has 1 aromatic heterocycles. The van der Waals surface area contributed by atoms with Crippen LogP contribution in [0.4, 0.5) is 4.39 Å². The van der Waals surface area contributed by atoms with E-state index in [-0.39, 0.29) is 5.82 Å². The Bertz CT molecular complexity index is 479. The molecule has 0 fully saturated rings. The lowest BCUT2D eigenvalue weighted by Crippen LogP contribution is -2.17. The average Bonchev–Trinajstić information content (AvgIpc) is 2.83. The van der Waals surface area contributed by atoms with E-state index in [2.05, 4.69) is 23.7 Å². The van der Waals surface area contributed by atoms with Crippen LogP contribution in [0.3, 0.4) is 0 Å². The molecule has 1 unspecified atom stereocenters. The summed E-state index contributed by atoms with van der Waals surface area (Å²) in [4.78, 5) is 1.30. The number of halogens is 1. The van der Waals surface area contributed by atoms with Gasteiger partial charge in [0, 0.05) is 17.5 Å². The monoisotopic (exact) mass is 249 g/mol. The second-order valence-electron chi connectivity index (χ2n) is 4.19. The number of thiophene rings is 1. The van der Waals surface area contributed by atoms with Gasteiger partial charge in [-0.05, 0) is 48.6 Å². The molecule has 0 aliphatic rings. The van der Waals surface area contributed by atoms with Crippen molar-refractivity contribution in [2.45, 2.75) is 26.4 Å². The Morgan fingerprint density at radius 1 is 1.35 bits per heavy atom. The Hall–Kier alpha value is -1.19. The van der Waals surface area contributed by atoms with E-state index in [0.29, 0.717) is 12.6 Å². The standard InChI is InChI=1S/C14H16FNS/c1-10-5-6-13(15)8-12(10)9-16-11(2)14-4-3-7-17-14/h3-8,11,16H,9H2,1-2H3. The molecular weight excluding hydrogens is 233 g/mol. The highest BCUT2D eigenvalue weighted by atomic mass is 32.1. The summed E-state index contributed by atoms with van der Waals surface area (Å²) < 4.78 is 13.1. The number of hydrogen-bond donors (Lipinski definition) is 1. The lowest BCUT2D eigenvalue weighted by molar-refractivity contribution is 0.574. The number of hydrogen-bond acceptors (Lipinski definition) is 2. The fraction of sp³-hybridized carbons (Fsp3) is 0.286. The molecule has 0 radical (unpaired) electrons. The van der Waals surface area contributed by atoms with Crippen molar-refractivity contribution >= 4 is 11.3 Å². The topological polar surface area (TPSA) is 12.0 Å². The first kappa shape index (κ1) is 12.3. The van der Waals surface area contributed by atoms with Gasteiger partial charge in [-0.15, -0.1) is 11.3 Å². The van der Waals surface area contributed by atoms with Crippen LogP contribution in [0, 0.1) is 12.7 Å². The molecule has 0 saturated heterocycles. The third-order valence-corrected chi connectivity index (χ3v) is 3.93. The molecule has 0 bridgehead atoms. The van der Waals surface area contributed by atoms with Crippen LogP contribution in [0.1, 0.15) is 29.0 Å². The molecule has 17 heavy (non-hydrogen) atoms. The number of benzene rings is 1. The largest absolute Gasteiger partial charge is 0.305 e.